The molecule has 1 saturated heterocycles. The molecular weight excluding hydrogens is 194 g/mol. The molecule has 0 spiro atoms. The smallest absolute Gasteiger partial charge is 0.305 e. The van der Waals surface area contributed by atoms with E-state index in [9.17, 15) is 4.79 Å². The van der Waals surface area contributed by atoms with Crippen LogP contribution in [0.5, 0.6) is 0 Å². The Morgan fingerprint density at radius 3 is 2.73 bits per heavy atom. The first-order valence-electron chi connectivity index (χ1n) is 5.42. The van der Waals surface area contributed by atoms with Crippen molar-refractivity contribution in [3.8, 4) is 0 Å². The molecule has 1 heterocycles. The van der Waals surface area contributed by atoms with Crippen LogP contribution in [0.2, 0.25) is 0 Å². The van der Waals surface area contributed by atoms with Crippen LogP contribution in [0.25, 0.3) is 0 Å². The maximum absolute atomic E-state index is 10.7. The van der Waals surface area contributed by atoms with Crippen molar-refractivity contribution in [1.29, 1.82) is 0 Å². The Balaban J connectivity index is 2.53. The third-order valence-corrected chi connectivity index (χ3v) is 2.44. The van der Waals surface area contributed by atoms with Crippen LogP contribution in [0.15, 0.2) is 0 Å². The highest BCUT2D eigenvalue weighted by Gasteiger charge is 2.28. The van der Waals surface area contributed by atoms with Crippen LogP contribution in [-0.2, 0) is 9.53 Å². The fourth-order valence-electron chi connectivity index (χ4n) is 1.90. The largest absolute Gasteiger partial charge is 0.481 e. The van der Waals surface area contributed by atoms with Crippen molar-refractivity contribution in [2.24, 2.45) is 5.41 Å². The Morgan fingerprint density at radius 2 is 2.20 bits per heavy atom. The van der Waals surface area contributed by atoms with Gasteiger partial charge in [0.05, 0.1) is 19.6 Å². The first kappa shape index (κ1) is 12.5. The van der Waals surface area contributed by atoms with E-state index in [0.29, 0.717) is 13.2 Å². The summed E-state index contributed by atoms with van der Waals surface area (Å²) in [4.78, 5) is 12.9. The number of carboxylic acids is 1. The summed E-state index contributed by atoms with van der Waals surface area (Å²) in [6.45, 7) is 9.53. The van der Waals surface area contributed by atoms with Crippen molar-refractivity contribution in [3.05, 3.63) is 0 Å². The molecule has 0 aromatic heterocycles. The molecule has 1 rings (SSSR count). The molecule has 1 unspecified atom stereocenters. The average molecular weight is 215 g/mol. The van der Waals surface area contributed by atoms with E-state index < -0.39 is 5.97 Å². The van der Waals surface area contributed by atoms with Crippen LogP contribution in [0, 0.1) is 5.41 Å². The third kappa shape index (κ3) is 4.62. The molecular formula is C11H21NO3. The summed E-state index contributed by atoms with van der Waals surface area (Å²) in [5.74, 6) is -0.746. The van der Waals surface area contributed by atoms with Gasteiger partial charge in [0.25, 0.3) is 0 Å². The number of morpholine rings is 1. The molecule has 4 heteroatoms. The van der Waals surface area contributed by atoms with Gasteiger partial charge in [-0.25, -0.2) is 0 Å². The molecule has 0 bridgehead atoms. The first-order chi connectivity index (χ1) is 6.88. The second-order valence-corrected chi connectivity index (χ2v) is 5.36. The van der Waals surface area contributed by atoms with Crippen molar-refractivity contribution in [2.75, 3.05) is 26.3 Å². The summed E-state index contributed by atoms with van der Waals surface area (Å²) >= 11 is 0. The summed E-state index contributed by atoms with van der Waals surface area (Å²) in [5.41, 5.74) is 0.202. The molecule has 15 heavy (non-hydrogen) atoms. The van der Waals surface area contributed by atoms with Crippen LogP contribution in [0.3, 0.4) is 0 Å². The quantitative estimate of drug-likeness (QED) is 0.768. The van der Waals surface area contributed by atoms with Crippen molar-refractivity contribution in [2.45, 2.75) is 33.2 Å². The third-order valence-electron chi connectivity index (χ3n) is 2.44. The molecule has 4 nitrogen and oxygen atoms in total. The van der Waals surface area contributed by atoms with E-state index in [1.54, 1.807) is 0 Å². The van der Waals surface area contributed by atoms with E-state index in [0.717, 1.165) is 13.1 Å². The van der Waals surface area contributed by atoms with E-state index >= 15 is 0 Å². The molecule has 0 saturated carbocycles. The molecule has 1 aliphatic rings. The molecule has 1 fully saturated rings. The lowest BCUT2D eigenvalue weighted by atomic mass is 9.94. The monoisotopic (exact) mass is 215 g/mol. The van der Waals surface area contributed by atoms with E-state index in [2.05, 4.69) is 25.7 Å². The Bertz CT molecular complexity index is 222. The summed E-state index contributed by atoms with van der Waals surface area (Å²) < 4.78 is 5.32. The molecule has 0 aromatic rings. The lowest BCUT2D eigenvalue weighted by Gasteiger charge is -2.38. The predicted octanol–water partition coefficient (Wildman–Crippen LogP) is 1.21. The lowest BCUT2D eigenvalue weighted by Crippen LogP contribution is -2.49. The number of carboxylic acid groups (broad SMARTS) is 1. The minimum absolute atomic E-state index is 0.0375. The van der Waals surface area contributed by atoms with Gasteiger partial charge in [0.2, 0.25) is 0 Å². The molecule has 0 aromatic carbocycles. The molecule has 0 aliphatic carbocycles. The average Bonchev–Trinajstić information content (AvgIpc) is 2.05. The number of hydrogen-bond donors (Lipinski definition) is 1. The standard InChI is InChI=1S/C11H21NO3/c1-11(2,3)8-12-4-5-15-7-9(12)6-10(13)14/h9H,4-8H2,1-3H3,(H,13,14). The second-order valence-electron chi connectivity index (χ2n) is 5.36. The van der Waals surface area contributed by atoms with Crippen LogP contribution in [-0.4, -0.2) is 48.3 Å². The van der Waals surface area contributed by atoms with Crippen molar-refractivity contribution < 1.29 is 14.6 Å². The van der Waals surface area contributed by atoms with Gasteiger partial charge in [-0.3, -0.25) is 9.69 Å². The lowest BCUT2D eigenvalue weighted by molar-refractivity contribution is -0.140. The number of rotatable bonds is 3. The van der Waals surface area contributed by atoms with E-state index in [-0.39, 0.29) is 17.9 Å². The normalized spacial score (nSPS) is 24.1. The Morgan fingerprint density at radius 1 is 1.53 bits per heavy atom. The Kier molecular flexibility index (Phi) is 4.11. The highest BCUT2D eigenvalue weighted by atomic mass is 16.5. The van der Waals surface area contributed by atoms with Crippen LogP contribution >= 0.6 is 0 Å². The van der Waals surface area contributed by atoms with Gasteiger partial charge in [-0.2, -0.15) is 0 Å². The minimum atomic E-state index is -0.746. The van der Waals surface area contributed by atoms with Gasteiger partial charge in [0.1, 0.15) is 0 Å². The van der Waals surface area contributed by atoms with E-state index in [1.807, 2.05) is 0 Å². The van der Waals surface area contributed by atoms with Crippen molar-refractivity contribution in [1.82, 2.24) is 4.90 Å². The van der Waals surface area contributed by atoms with Gasteiger partial charge in [-0.05, 0) is 5.41 Å². The fraction of sp³-hybridized carbons (Fsp3) is 0.909. The molecule has 1 aliphatic heterocycles. The molecule has 88 valence electrons. The van der Waals surface area contributed by atoms with Crippen LogP contribution < -0.4 is 0 Å². The molecule has 1 atom stereocenters. The van der Waals surface area contributed by atoms with Gasteiger partial charge in [0, 0.05) is 19.1 Å². The number of nitrogens with zero attached hydrogens (tertiary/aromatic N) is 1. The van der Waals surface area contributed by atoms with Crippen molar-refractivity contribution >= 4 is 5.97 Å². The summed E-state index contributed by atoms with van der Waals surface area (Å²) in [7, 11) is 0. The Labute approximate surface area is 91.2 Å². The van der Waals surface area contributed by atoms with E-state index in [4.69, 9.17) is 9.84 Å². The molecule has 0 amide bonds. The second kappa shape index (κ2) is 4.94. The maximum atomic E-state index is 10.7. The van der Waals surface area contributed by atoms with Crippen molar-refractivity contribution in [3.63, 3.8) is 0 Å². The van der Waals surface area contributed by atoms with Gasteiger partial charge in [-0.15, -0.1) is 0 Å². The van der Waals surface area contributed by atoms with Gasteiger partial charge in [-0.1, -0.05) is 20.8 Å². The maximum Gasteiger partial charge on any atom is 0.305 e. The zero-order chi connectivity index (χ0) is 11.5. The van der Waals surface area contributed by atoms with Gasteiger partial charge >= 0.3 is 5.97 Å². The number of ether oxygens (including phenoxy) is 1. The van der Waals surface area contributed by atoms with Gasteiger partial charge < -0.3 is 9.84 Å². The van der Waals surface area contributed by atoms with E-state index in [1.165, 1.54) is 0 Å². The zero-order valence-electron chi connectivity index (χ0n) is 9.82. The summed E-state index contributed by atoms with van der Waals surface area (Å²) in [5, 5.41) is 8.80. The summed E-state index contributed by atoms with van der Waals surface area (Å²) in [6, 6.07) is 0.0375. The zero-order valence-corrected chi connectivity index (χ0v) is 9.82. The number of carbonyl (C=O) groups is 1. The topological polar surface area (TPSA) is 49.8 Å². The SMILES string of the molecule is CC(C)(C)CN1CCOCC1CC(=O)O. The van der Waals surface area contributed by atoms with Gasteiger partial charge in [0.15, 0.2) is 0 Å². The number of hydrogen-bond acceptors (Lipinski definition) is 3. The minimum Gasteiger partial charge on any atom is -0.481 e. The first-order valence-corrected chi connectivity index (χ1v) is 5.42. The highest BCUT2D eigenvalue weighted by Crippen LogP contribution is 2.20. The molecule has 1 N–H and O–H groups in total. The summed E-state index contributed by atoms with van der Waals surface area (Å²) in [6.07, 6.45) is 0.177. The Hall–Kier alpha value is -0.610. The van der Waals surface area contributed by atoms with Crippen LogP contribution in [0.4, 0.5) is 0 Å². The fourth-order valence-corrected chi connectivity index (χ4v) is 1.90. The van der Waals surface area contributed by atoms with Crippen LogP contribution in [0.1, 0.15) is 27.2 Å². The number of aliphatic carboxylic acids is 1. The predicted molar refractivity (Wildman–Crippen MR) is 57.9 cm³/mol. The highest BCUT2D eigenvalue weighted by molar-refractivity contribution is 5.67. The molecule has 0 radical (unpaired) electrons.